The number of hydrogen-bond donors (Lipinski definition) is 1. The summed E-state index contributed by atoms with van der Waals surface area (Å²) in [7, 11) is 0. The maximum absolute atomic E-state index is 12.4. The van der Waals surface area contributed by atoms with Crippen LogP contribution in [0.3, 0.4) is 0 Å². The van der Waals surface area contributed by atoms with Gasteiger partial charge < -0.3 is 10.0 Å². The quantitative estimate of drug-likeness (QED) is 0.865. The maximum Gasteiger partial charge on any atom is 0.309 e. The molecule has 1 N–H and O–H groups in total. The molecule has 1 aliphatic rings. The summed E-state index contributed by atoms with van der Waals surface area (Å²) in [5, 5.41) is 9.34. The van der Waals surface area contributed by atoms with Crippen molar-refractivity contribution in [2.75, 3.05) is 13.1 Å². The molecule has 1 fully saturated rings. The molecule has 20 heavy (non-hydrogen) atoms. The Labute approximate surface area is 119 Å². The molecule has 0 saturated carbocycles. The summed E-state index contributed by atoms with van der Waals surface area (Å²) >= 11 is 0. The van der Waals surface area contributed by atoms with Crippen LogP contribution in [0.2, 0.25) is 0 Å². The van der Waals surface area contributed by atoms with E-state index in [1.807, 2.05) is 30.3 Å². The number of amides is 1. The minimum atomic E-state index is -0.863. The second kappa shape index (κ2) is 6.55. The molecule has 4 heteroatoms. The Morgan fingerprint density at radius 3 is 2.65 bits per heavy atom. The zero-order chi connectivity index (χ0) is 14.5. The summed E-state index contributed by atoms with van der Waals surface area (Å²) in [5.41, 5.74) is 1.02. The molecule has 0 radical (unpaired) electrons. The number of benzene rings is 1. The van der Waals surface area contributed by atoms with Crippen molar-refractivity contribution < 1.29 is 14.7 Å². The minimum absolute atomic E-state index is 0.00490. The summed E-state index contributed by atoms with van der Waals surface area (Å²) in [6.07, 6.45) is 2.44. The molecule has 2 rings (SSSR count). The number of carboxylic acids is 1. The first-order valence-electron chi connectivity index (χ1n) is 7.19. The number of nitrogens with zero attached hydrogens (tertiary/aromatic N) is 1. The number of carbonyl (C=O) groups excluding carboxylic acids is 1. The largest absolute Gasteiger partial charge is 0.481 e. The van der Waals surface area contributed by atoms with Gasteiger partial charge in [0.15, 0.2) is 0 Å². The van der Waals surface area contributed by atoms with Gasteiger partial charge in [-0.25, -0.2) is 0 Å². The van der Waals surface area contributed by atoms with E-state index in [1.165, 1.54) is 0 Å². The van der Waals surface area contributed by atoms with Gasteiger partial charge in [-0.3, -0.25) is 9.59 Å². The fourth-order valence-corrected chi connectivity index (χ4v) is 2.76. The number of unbranched alkanes of at least 4 members (excludes halogenated alkanes) is 1. The van der Waals surface area contributed by atoms with E-state index in [4.69, 9.17) is 0 Å². The predicted octanol–water partition coefficient (Wildman–Crippen LogP) is 2.19. The van der Waals surface area contributed by atoms with Crippen molar-refractivity contribution in [2.45, 2.75) is 26.2 Å². The monoisotopic (exact) mass is 275 g/mol. The van der Waals surface area contributed by atoms with E-state index in [9.17, 15) is 14.7 Å². The van der Waals surface area contributed by atoms with Crippen LogP contribution in [-0.2, 0) is 16.0 Å². The van der Waals surface area contributed by atoms with Crippen LogP contribution in [0.5, 0.6) is 0 Å². The molecule has 1 amide bonds. The van der Waals surface area contributed by atoms with Gasteiger partial charge in [-0.1, -0.05) is 43.7 Å². The first kappa shape index (κ1) is 14.6. The first-order chi connectivity index (χ1) is 9.63. The molecule has 1 aliphatic heterocycles. The average molecular weight is 275 g/mol. The zero-order valence-electron chi connectivity index (χ0n) is 11.8. The highest BCUT2D eigenvalue weighted by Gasteiger charge is 2.43. The minimum Gasteiger partial charge on any atom is -0.481 e. The van der Waals surface area contributed by atoms with Crippen LogP contribution < -0.4 is 0 Å². The number of aliphatic carboxylic acids is 1. The Balaban J connectivity index is 2.11. The maximum atomic E-state index is 12.4. The van der Waals surface area contributed by atoms with Gasteiger partial charge in [0.2, 0.25) is 5.91 Å². The number of likely N-dealkylation sites (tertiary alicyclic amines) is 1. The molecule has 0 aliphatic carbocycles. The lowest BCUT2D eigenvalue weighted by Gasteiger charge is -2.15. The third kappa shape index (κ3) is 3.18. The zero-order valence-corrected chi connectivity index (χ0v) is 11.8. The standard InChI is InChI=1S/C16H21NO3/c1-2-3-9-17-11-14(16(19)20)13(15(17)18)10-12-7-5-4-6-8-12/h4-8,13-14H,2-3,9-11H2,1H3,(H,19,20). The Hall–Kier alpha value is -1.84. The lowest BCUT2D eigenvalue weighted by atomic mass is 9.89. The van der Waals surface area contributed by atoms with Crippen LogP contribution >= 0.6 is 0 Å². The topological polar surface area (TPSA) is 57.6 Å². The van der Waals surface area contributed by atoms with Crippen LogP contribution in [0.15, 0.2) is 30.3 Å². The molecule has 1 heterocycles. The number of carboxylic acid groups (broad SMARTS) is 1. The normalized spacial score (nSPS) is 22.2. The second-order valence-corrected chi connectivity index (χ2v) is 5.38. The molecule has 2 atom stereocenters. The highest BCUT2D eigenvalue weighted by atomic mass is 16.4. The molecule has 0 aromatic heterocycles. The molecule has 1 aromatic carbocycles. The van der Waals surface area contributed by atoms with Gasteiger partial charge >= 0.3 is 5.97 Å². The molecule has 2 unspecified atom stereocenters. The molecule has 1 aromatic rings. The average Bonchev–Trinajstić information content (AvgIpc) is 2.75. The first-order valence-corrected chi connectivity index (χ1v) is 7.19. The fourth-order valence-electron chi connectivity index (χ4n) is 2.76. The molecule has 0 spiro atoms. The summed E-state index contributed by atoms with van der Waals surface area (Å²) in [6.45, 7) is 3.09. The van der Waals surface area contributed by atoms with Crippen molar-refractivity contribution >= 4 is 11.9 Å². The highest BCUT2D eigenvalue weighted by molar-refractivity contribution is 5.88. The Bertz CT molecular complexity index is 472. The van der Waals surface area contributed by atoms with Gasteiger partial charge in [-0.05, 0) is 18.4 Å². The molecular formula is C16H21NO3. The van der Waals surface area contributed by atoms with Crippen molar-refractivity contribution in [2.24, 2.45) is 11.8 Å². The van der Waals surface area contributed by atoms with Crippen molar-refractivity contribution in [3.8, 4) is 0 Å². The van der Waals surface area contributed by atoms with Crippen LogP contribution in [-0.4, -0.2) is 35.0 Å². The summed E-state index contributed by atoms with van der Waals surface area (Å²) in [6, 6.07) is 9.64. The summed E-state index contributed by atoms with van der Waals surface area (Å²) in [5.74, 6) is -1.88. The Morgan fingerprint density at radius 2 is 2.05 bits per heavy atom. The van der Waals surface area contributed by atoms with E-state index >= 15 is 0 Å². The fraction of sp³-hybridized carbons (Fsp3) is 0.500. The third-order valence-electron chi connectivity index (χ3n) is 3.93. The number of hydrogen-bond acceptors (Lipinski definition) is 2. The van der Waals surface area contributed by atoms with Crippen LogP contribution in [0, 0.1) is 11.8 Å². The van der Waals surface area contributed by atoms with Gasteiger partial charge in [-0.2, -0.15) is 0 Å². The van der Waals surface area contributed by atoms with Crippen LogP contribution in [0.25, 0.3) is 0 Å². The molecule has 4 nitrogen and oxygen atoms in total. The second-order valence-electron chi connectivity index (χ2n) is 5.38. The van der Waals surface area contributed by atoms with E-state index in [2.05, 4.69) is 6.92 Å². The Kier molecular flexibility index (Phi) is 4.77. The van der Waals surface area contributed by atoms with Crippen LogP contribution in [0.1, 0.15) is 25.3 Å². The lowest BCUT2D eigenvalue weighted by molar-refractivity contribution is -0.144. The van der Waals surface area contributed by atoms with Crippen LogP contribution in [0.4, 0.5) is 0 Å². The van der Waals surface area contributed by atoms with Crippen molar-refractivity contribution in [1.29, 1.82) is 0 Å². The SMILES string of the molecule is CCCCN1CC(C(=O)O)C(Cc2ccccc2)C1=O. The third-order valence-corrected chi connectivity index (χ3v) is 3.93. The summed E-state index contributed by atoms with van der Waals surface area (Å²) in [4.78, 5) is 25.5. The van der Waals surface area contributed by atoms with Gasteiger partial charge in [0.1, 0.15) is 0 Å². The predicted molar refractivity (Wildman–Crippen MR) is 76.2 cm³/mol. The van der Waals surface area contributed by atoms with E-state index in [0.29, 0.717) is 19.5 Å². The van der Waals surface area contributed by atoms with E-state index in [0.717, 1.165) is 18.4 Å². The number of rotatable bonds is 6. The van der Waals surface area contributed by atoms with Gasteiger partial charge in [0.25, 0.3) is 0 Å². The van der Waals surface area contributed by atoms with Crippen molar-refractivity contribution in [1.82, 2.24) is 4.90 Å². The highest BCUT2D eigenvalue weighted by Crippen LogP contribution is 2.28. The van der Waals surface area contributed by atoms with Gasteiger partial charge in [0.05, 0.1) is 11.8 Å². The smallest absolute Gasteiger partial charge is 0.309 e. The molecule has 0 bridgehead atoms. The lowest BCUT2D eigenvalue weighted by Crippen LogP contribution is -2.29. The molecule has 108 valence electrons. The van der Waals surface area contributed by atoms with E-state index in [-0.39, 0.29) is 5.91 Å². The van der Waals surface area contributed by atoms with Crippen molar-refractivity contribution in [3.05, 3.63) is 35.9 Å². The van der Waals surface area contributed by atoms with Gasteiger partial charge in [-0.15, -0.1) is 0 Å². The molecule has 1 saturated heterocycles. The van der Waals surface area contributed by atoms with E-state index < -0.39 is 17.8 Å². The molecular weight excluding hydrogens is 254 g/mol. The Morgan fingerprint density at radius 1 is 1.35 bits per heavy atom. The number of carbonyl (C=O) groups is 2. The summed E-state index contributed by atoms with van der Waals surface area (Å²) < 4.78 is 0. The van der Waals surface area contributed by atoms with Gasteiger partial charge in [0, 0.05) is 13.1 Å². The van der Waals surface area contributed by atoms with Crippen molar-refractivity contribution in [3.63, 3.8) is 0 Å². The van der Waals surface area contributed by atoms with E-state index in [1.54, 1.807) is 4.90 Å².